The van der Waals surface area contributed by atoms with Crippen molar-refractivity contribution in [3.63, 3.8) is 0 Å². The van der Waals surface area contributed by atoms with Gasteiger partial charge in [-0.25, -0.2) is 4.98 Å². The van der Waals surface area contributed by atoms with Crippen molar-refractivity contribution in [3.05, 3.63) is 23.9 Å². The van der Waals surface area contributed by atoms with E-state index in [1.807, 2.05) is 11.9 Å². The monoisotopic (exact) mass is 264 g/mol. The van der Waals surface area contributed by atoms with Crippen LogP contribution in [0, 0.1) is 0 Å². The number of aromatic nitrogens is 1. The second-order valence-electron chi connectivity index (χ2n) is 5.15. The third-order valence-electron chi connectivity index (χ3n) is 3.50. The van der Waals surface area contributed by atoms with E-state index < -0.39 is 5.60 Å². The normalized spacial score (nSPS) is 18.1. The lowest BCUT2D eigenvalue weighted by Gasteiger charge is -2.35. The number of carbonyl (C=O) groups excluding carboxylic acids is 1. The first kappa shape index (κ1) is 14.0. The van der Waals surface area contributed by atoms with Gasteiger partial charge in [-0.05, 0) is 19.1 Å². The number of rotatable bonds is 4. The molecule has 1 saturated heterocycles. The molecule has 2 heterocycles. The quantitative estimate of drug-likeness (QED) is 0.830. The summed E-state index contributed by atoms with van der Waals surface area (Å²) in [6.45, 7) is 3.20. The minimum Gasteiger partial charge on any atom is -0.388 e. The Kier molecular flexibility index (Phi) is 4.17. The summed E-state index contributed by atoms with van der Waals surface area (Å²) >= 11 is 0. The highest BCUT2D eigenvalue weighted by molar-refractivity contribution is 5.94. The SMILES string of the molecule is CC(=O)c1ccnc(N(C)CC2(O)CCOCC2)c1. The van der Waals surface area contributed by atoms with Crippen LogP contribution in [0.5, 0.6) is 0 Å². The fourth-order valence-electron chi connectivity index (χ4n) is 2.28. The smallest absolute Gasteiger partial charge is 0.159 e. The number of pyridine rings is 1. The average molecular weight is 264 g/mol. The fourth-order valence-corrected chi connectivity index (χ4v) is 2.28. The molecule has 2 rings (SSSR count). The minimum absolute atomic E-state index is 0.0156. The first-order valence-electron chi connectivity index (χ1n) is 6.48. The van der Waals surface area contributed by atoms with Crippen molar-refractivity contribution in [1.82, 2.24) is 4.98 Å². The molecule has 5 nitrogen and oxygen atoms in total. The zero-order valence-corrected chi connectivity index (χ0v) is 11.4. The average Bonchev–Trinajstić information content (AvgIpc) is 2.39. The van der Waals surface area contributed by atoms with Gasteiger partial charge in [0.15, 0.2) is 5.78 Å². The van der Waals surface area contributed by atoms with Crippen LogP contribution in [0.4, 0.5) is 5.82 Å². The Morgan fingerprint density at radius 1 is 1.53 bits per heavy atom. The molecule has 0 amide bonds. The number of likely N-dealkylation sites (N-methyl/N-ethyl adjacent to an activating group) is 1. The molecule has 0 unspecified atom stereocenters. The first-order chi connectivity index (χ1) is 9.00. The molecule has 104 valence electrons. The van der Waals surface area contributed by atoms with Gasteiger partial charge in [-0.1, -0.05) is 0 Å². The van der Waals surface area contributed by atoms with Gasteiger partial charge in [-0.3, -0.25) is 4.79 Å². The van der Waals surface area contributed by atoms with E-state index in [0.717, 1.165) is 0 Å². The zero-order chi connectivity index (χ0) is 13.9. The fraction of sp³-hybridized carbons (Fsp3) is 0.571. The lowest BCUT2D eigenvalue weighted by Crippen LogP contribution is -2.46. The Bertz CT molecular complexity index is 456. The molecule has 0 atom stereocenters. The molecule has 0 bridgehead atoms. The maximum atomic E-state index is 11.4. The third-order valence-corrected chi connectivity index (χ3v) is 3.50. The second kappa shape index (κ2) is 5.67. The van der Waals surface area contributed by atoms with Gasteiger partial charge in [0.2, 0.25) is 0 Å². The number of nitrogens with zero attached hydrogens (tertiary/aromatic N) is 2. The number of aliphatic hydroxyl groups is 1. The number of anilines is 1. The lowest BCUT2D eigenvalue weighted by atomic mass is 9.94. The van der Waals surface area contributed by atoms with Crippen LogP contribution >= 0.6 is 0 Å². The number of ether oxygens (including phenoxy) is 1. The van der Waals surface area contributed by atoms with Crippen LogP contribution < -0.4 is 4.90 Å². The molecule has 1 fully saturated rings. The van der Waals surface area contributed by atoms with Crippen molar-refractivity contribution in [2.75, 3.05) is 31.7 Å². The first-order valence-corrected chi connectivity index (χ1v) is 6.48. The summed E-state index contributed by atoms with van der Waals surface area (Å²) in [7, 11) is 1.87. The van der Waals surface area contributed by atoms with Gasteiger partial charge >= 0.3 is 0 Å². The van der Waals surface area contributed by atoms with E-state index in [-0.39, 0.29) is 5.78 Å². The maximum absolute atomic E-state index is 11.4. The van der Waals surface area contributed by atoms with Gasteiger partial charge in [-0.15, -0.1) is 0 Å². The van der Waals surface area contributed by atoms with Crippen LogP contribution in [-0.4, -0.2) is 48.3 Å². The Hall–Kier alpha value is -1.46. The van der Waals surface area contributed by atoms with Crippen molar-refractivity contribution < 1.29 is 14.6 Å². The summed E-state index contributed by atoms with van der Waals surface area (Å²) in [5.74, 6) is 0.717. The van der Waals surface area contributed by atoms with E-state index in [0.29, 0.717) is 44.0 Å². The Morgan fingerprint density at radius 2 is 2.21 bits per heavy atom. The summed E-state index contributed by atoms with van der Waals surface area (Å²) in [5.41, 5.74) is -0.100. The standard InChI is InChI=1S/C14H20N2O3/c1-11(17)12-3-6-15-13(9-12)16(2)10-14(18)4-7-19-8-5-14/h3,6,9,18H,4-5,7-8,10H2,1-2H3. The zero-order valence-electron chi connectivity index (χ0n) is 11.4. The molecule has 1 aliphatic heterocycles. The largest absolute Gasteiger partial charge is 0.388 e. The van der Waals surface area contributed by atoms with Crippen molar-refractivity contribution in [3.8, 4) is 0 Å². The highest BCUT2D eigenvalue weighted by Crippen LogP contribution is 2.23. The number of carbonyl (C=O) groups is 1. The highest BCUT2D eigenvalue weighted by atomic mass is 16.5. The van der Waals surface area contributed by atoms with Crippen LogP contribution in [0.3, 0.4) is 0 Å². The maximum Gasteiger partial charge on any atom is 0.159 e. The molecule has 19 heavy (non-hydrogen) atoms. The van der Waals surface area contributed by atoms with Gasteiger partial charge in [-0.2, -0.15) is 0 Å². The topological polar surface area (TPSA) is 62.7 Å². The number of hydrogen-bond donors (Lipinski definition) is 1. The molecule has 0 radical (unpaired) electrons. The molecule has 1 aliphatic rings. The van der Waals surface area contributed by atoms with Crippen LogP contribution in [0.25, 0.3) is 0 Å². The van der Waals surface area contributed by atoms with Gasteiger partial charge in [0, 0.05) is 51.4 Å². The molecule has 5 heteroatoms. The van der Waals surface area contributed by atoms with E-state index in [1.54, 1.807) is 18.3 Å². The summed E-state index contributed by atoms with van der Waals surface area (Å²) in [6.07, 6.45) is 2.88. The minimum atomic E-state index is -0.735. The molecule has 0 saturated carbocycles. The Balaban J connectivity index is 2.08. The van der Waals surface area contributed by atoms with Crippen molar-refractivity contribution in [2.24, 2.45) is 0 Å². The predicted molar refractivity (Wildman–Crippen MR) is 72.5 cm³/mol. The molecular weight excluding hydrogens is 244 g/mol. The van der Waals surface area contributed by atoms with Crippen LogP contribution in [0.2, 0.25) is 0 Å². The van der Waals surface area contributed by atoms with Crippen LogP contribution in [-0.2, 0) is 4.74 Å². The molecule has 1 aromatic rings. The number of Topliss-reactive ketones (excluding diaryl/α,β-unsaturated/α-hetero) is 1. The molecule has 1 aromatic heterocycles. The van der Waals surface area contributed by atoms with E-state index in [2.05, 4.69) is 4.98 Å². The number of ketones is 1. The van der Waals surface area contributed by atoms with Crippen LogP contribution in [0.15, 0.2) is 18.3 Å². The molecule has 0 aliphatic carbocycles. The highest BCUT2D eigenvalue weighted by Gasteiger charge is 2.31. The molecule has 0 spiro atoms. The van der Waals surface area contributed by atoms with Crippen LogP contribution in [0.1, 0.15) is 30.1 Å². The summed E-state index contributed by atoms with van der Waals surface area (Å²) < 4.78 is 5.26. The predicted octanol–water partition coefficient (Wildman–Crippen LogP) is 1.26. The Labute approximate surface area is 113 Å². The molecule has 1 N–H and O–H groups in total. The van der Waals surface area contributed by atoms with Gasteiger partial charge < -0.3 is 14.7 Å². The summed E-state index contributed by atoms with van der Waals surface area (Å²) in [6, 6.07) is 3.45. The Morgan fingerprint density at radius 3 is 2.84 bits per heavy atom. The van der Waals surface area contributed by atoms with Crippen molar-refractivity contribution >= 4 is 11.6 Å². The van der Waals surface area contributed by atoms with Gasteiger partial charge in [0.05, 0.1) is 5.60 Å². The van der Waals surface area contributed by atoms with E-state index in [1.165, 1.54) is 6.92 Å². The second-order valence-corrected chi connectivity index (χ2v) is 5.15. The third kappa shape index (κ3) is 3.52. The summed E-state index contributed by atoms with van der Waals surface area (Å²) in [5, 5.41) is 10.5. The molecular formula is C14H20N2O3. The molecule has 0 aromatic carbocycles. The van der Waals surface area contributed by atoms with E-state index >= 15 is 0 Å². The summed E-state index contributed by atoms with van der Waals surface area (Å²) in [4.78, 5) is 17.5. The van der Waals surface area contributed by atoms with E-state index in [9.17, 15) is 9.90 Å². The lowest BCUT2D eigenvalue weighted by molar-refractivity contribution is -0.0573. The van der Waals surface area contributed by atoms with Crippen molar-refractivity contribution in [1.29, 1.82) is 0 Å². The van der Waals surface area contributed by atoms with Gasteiger partial charge in [0.25, 0.3) is 0 Å². The number of hydrogen-bond acceptors (Lipinski definition) is 5. The van der Waals surface area contributed by atoms with E-state index in [4.69, 9.17) is 4.74 Å². The van der Waals surface area contributed by atoms with Gasteiger partial charge in [0.1, 0.15) is 5.82 Å². The van der Waals surface area contributed by atoms with Crippen molar-refractivity contribution in [2.45, 2.75) is 25.4 Å².